The van der Waals surface area contributed by atoms with Crippen molar-refractivity contribution in [3.63, 3.8) is 0 Å². The monoisotopic (exact) mass is 512 g/mol. The fourth-order valence-electron chi connectivity index (χ4n) is 7.02. The molecule has 1 unspecified atom stereocenters. The van der Waals surface area contributed by atoms with Crippen LogP contribution in [0.4, 0.5) is 0 Å². The molecule has 0 bridgehead atoms. The van der Waals surface area contributed by atoms with Gasteiger partial charge in [-0.25, -0.2) is 0 Å². The van der Waals surface area contributed by atoms with Crippen LogP contribution in [0.25, 0.3) is 0 Å². The predicted octanol–water partition coefficient (Wildman–Crippen LogP) is 6.27. The first kappa shape index (κ1) is 27.1. The summed E-state index contributed by atoms with van der Waals surface area (Å²) >= 11 is 0. The van der Waals surface area contributed by atoms with E-state index in [2.05, 4.69) is 78.1 Å². The molecule has 1 fully saturated rings. The molecule has 0 aromatic heterocycles. The molecule has 4 rings (SSSR count). The molecule has 0 amide bonds. The molecule has 5 nitrogen and oxygen atoms in total. The van der Waals surface area contributed by atoms with Crippen molar-refractivity contribution in [1.82, 2.24) is 0 Å². The van der Waals surface area contributed by atoms with Crippen LogP contribution in [0.1, 0.15) is 67.7 Å². The minimum absolute atomic E-state index is 0.133. The molecule has 4 aliphatic rings. The van der Waals surface area contributed by atoms with Crippen molar-refractivity contribution in [2.45, 2.75) is 91.5 Å². The number of aliphatic hydroxyl groups is 1. The van der Waals surface area contributed by atoms with Gasteiger partial charge in [0, 0.05) is 17.8 Å². The van der Waals surface area contributed by atoms with Gasteiger partial charge in [0.15, 0.2) is 6.61 Å². The molecule has 0 aliphatic heterocycles. The Morgan fingerprint density at radius 1 is 1.19 bits per heavy atom. The van der Waals surface area contributed by atoms with Gasteiger partial charge in [-0.1, -0.05) is 58.4 Å². The number of hydrogen-bond acceptors (Lipinski definition) is 5. The van der Waals surface area contributed by atoms with Crippen LogP contribution in [0.5, 0.6) is 0 Å². The zero-order valence-corrected chi connectivity index (χ0v) is 24.5. The third kappa shape index (κ3) is 3.90. The van der Waals surface area contributed by atoms with Gasteiger partial charge < -0.3 is 14.3 Å². The molecule has 1 saturated carbocycles. The molecule has 0 saturated heterocycles. The third-order valence-corrected chi connectivity index (χ3v) is 14.7. The fourth-order valence-corrected chi connectivity index (χ4v) is 8.04. The highest BCUT2D eigenvalue weighted by molar-refractivity contribution is 6.74. The summed E-state index contributed by atoms with van der Waals surface area (Å²) in [4.78, 5) is 24.6. The number of hydrogen-bond donors (Lipinski definition) is 1. The van der Waals surface area contributed by atoms with Crippen LogP contribution in [0, 0.1) is 28.6 Å². The minimum Gasteiger partial charge on any atom is -0.544 e. The van der Waals surface area contributed by atoms with E-state index in [0.29, 0.717) is 6.42 Å². The Morgan fingerprint density at radius 3 is 2.47 bits per heavy atom. The molecule has 0 aromatic carbocycles. The van der Waals surface area contributed by atoms with Gasteiger partial charge in [0.2, 0.25) is 14.1 Å². The van der Waals surface area contributed by atoms with E-state index in [1.54, 1.807) is 0 Å². The van der Waals surface area contributed by atoms with Gasteiger partial charge in [0.25, 0.3) is 0 Å². The molecule has 0 aromatic rings. The molecular weight excluding hydrogens is 468 g/mol. The first-order valence-corrected chi connectivity index (χ1v) is 16.3. The number of rotatable bonds is 5. The highest BCUT2D eigenvalue weighted by atomic mass is 28.4. The molecular formula is C30H44O5Si. The predicted molar refractivity (Wildman–Crippen MR) is 144 cm³/mol. The summed E-state index contributed by atoms with van der Waals surface area (Å²) in [5.74, 6) is 0.306. The summed E-state index contributed by atoms with van der Waals surface area (Å²) < 4.78 is 11.6. The molecule has 0 spiro atoms. The van der Waals surface area contributed by atoms with Crippen LogP contribution < -0.4 is 0 Å². The lowest BCUT2D eigenvalue weighted by molar-refractivity contribution is -0.167. The topological polar surface area (TPSA) is 72.8 Å². The Morgan fingerprint density at radius 2 is 1.86 bits per heavy atom. The summed E-state index contributed by atoms with van der Waals surface area (Å²) in [6.07, 6.45) is 13.6. The van der Waals surface area contributed by atoms with E-state index in [4.69, 9.17) is 9.16 Å². The van der Waals surface area contributed by atoms with Gasteiger partial charge in [0.05, 0.1) is 0 Å². The summed E-state index contributed by atoms with van der Waals surface area (Å²) in [7, 11) is -1.94. The van der Waals surface area contributed by atoms with E-state index < -0.39 is 25.3 Å². The van der Waals surface area contributed by atoms with E-state index in [-0.39, 0.29) is 40.6 Å². The van der Waals surface area contributed by atoms with E-state index in [1.165, 1.54) is 18.1 Å². The van der Waals surface area contributed by atoms with Crippen LogP contribution in [0.15, 0.2) is 47.3 Å². The number of fused-ring (bicyclic) bond motifs is 5. The average Bonchev–Trinajstić information content (AvgIpc) is 2.98. The van der Waals surface area contributed by atoms with Gasteiger partial charge >= 0.3 is 5.97 Å². The Bertz CT molecular complexity index is 1090. The van der Waals surface area contributed by atoms with Crippen molar-refractivity contribution in [3.05, 3.63) is 47.3 Å². The zero-order valence-electron chi connectivity index (χ0n) is 23.5. The van der Waals surface area contributed by atoms with Crippen molar-refractivity contribution in [2.75, 3.05) is 6.61 Å². The lowest BCUT2D eigenvalue weighted by Gasteiger charge is -2.52. The quantitative estimate of drug-likeness (QED) is 0.267. The molecule has 36 heavy (non-hydrogen) atoms. The summed E-state index contributed by atoms with van der Waals surface area (Å²) in [6.45, 7) is 18.5. The molecule has 1 N–H and O–H groups in total. The number of Topliss-reactive ketones (excluding diaryl/α,β-unsaturated/α-hetero) is 1. The second-order valence-corrected chi connectivity index (χ2v) is 18.2. The molecule has 198 valence electrons. The number of ether oxygens (including phenoxy) is 1. The normalized spacial score (nSPS) is 37.6. The molecule has 0 radical (unpaired) electrons. The maximum atomic E-state index is 13.2. The Balaban J connectivity index is 1.64. The largest absolute Gasteiger partial charge is 0.544 e. The Hall–Kier alpha value is -1.92. The highest BCUT2D eigenvalue weighted by Gasteiger charge is 2.67. The Labute approximate surface area is 217 Å². The van der Waals surface area contributed by atoms with Gasteiger partial charge in [-0.15, -0.1) is 0 Å². The van der Waals surface area contributed by atoms with Crippen molar-refractivity contribution in [3.8, 4) is 0 Å². The average molecular weight is 513 g/mol. The first-order chi connectivity index (χ1) is 16.5. The fraction of sp³-hybridized carbons (Fsp3) is 0.667. The molecule has 4 aliphatic carbocycles. The van der Waals surface area contributed by atoms with E-state index in [0.717, 1.165) is 18.6 Å². The van der Waals surface area contributed by atoms with Gasteiger partial charge in [-0.05, 0) is 79.8 Å². The number of carbonyl (C=O) groups excluding carboxylic acids is 2. The first-order valence-electron chi connectivity index (χ1n) is 13.4. The molecule has 6 atom stereocenters. The van der Waals surface area contributed by atoms with Gasteiger partial charge in [-0.2, -0.15) is 0 Å². The van der Waals surface area contributed by atoms with Crippen LogP contribution >= 0.6 is 0 Å². The standard InChI is InChI=1S/C30H44O5Si/c1-19-16-25-23-11-10-21-17-22(35-36(8,9)27(3,4)5)12-14-28(21,6)24(23)13-15-29(25,7)30(19,33)26(32)18-34-20(2)31/h10,12-14,17,19,23,25,33H,11,15-16,18H2,1-9H3/t19?,23-,25+,28+,29+,30+/m1/s1. The Kier molecular flexibility index (Phi) is 6.44. The number of carbonyl (C=O) groups is 2. The van der Waals surface area contributed by atoms with Crippen molar-refractivity contribution < 1.29 is 23.9 Å². The van der Waals surface area contributed by atoms with Gasteiger partial charge in [0.1, 0.15) is 11.4 Å². The van der Waals surface area contributed by atoms with E-state index >= 15 is 0 Å². The minimum atomic E-state index is -1.94. The number of esters is 1. The van der Waals surface area contributed by atoms with Crippen molar-refractivity contribution in [2.24, 2.45) is 28.6 Å². The molecule has 0 heterocycles. The van der Waals surface area contributed by atoms with Crippen LogP contribution in [-0.4, -0.2) is 37.4 Å². The lowest BCUT2D eigenvalue weighted by atomic mass is 9.52. The van der Waals surface area contributed by atoms with Crippen LogP contribution in [-0.2, 0) is 18.8 Å². The maximum Gasteiger partial charge on any atom is 0.303 e. The second kappa shape index (κ2) is 8.55. The number of allylic oxidation sites excluding steroid dienone is 7. The van der Waals surface area contributed by atoms with Gasteiger partial charge in [-0.3, -0.25) is 9.59 Å². The maximum absolute atomic E-state index is 13.2. The highest BCUT2D eigenvalue weighted by Crippen LogP contribution is 2.66. The lowest BCUT2D eigenvalue weighted by Crippen LogP contribution is -2.57. The zero-order chi connectivity index (χ0) is 26.9. The second-order valence-electron chi connectivity index (χ2n) is 13.4. The van der Waals surface area contributed by atoms with E-state index in [9.17, 15) is 14.7 Å². The van der Waals surface area contributed by atoms with E-state index in [1.807, 2.05) is 6.92 Å². The smallest absolute Gasteiger partial charge is 0.303 e. The summed E-state index contributed by atoms with van der Waals surface area (Å²) in [6, 6.07) is 0. The van der Waals surface area contributed by atoms with Crippen molar-refractivity contribution >= 4 is 20.1 Å². The third-order valence-electron chi connectivity index (χ3n) is 10.3. The van der Waals surface area contributed by atoms with Crippen LogP contribution in [0.2, 0.25) is 18.1 Å². The number of ketones is 1. The summed E-state index contributed by atoms with van der Waals surface area (Å²) in [5, 5.41) is 12.0. The molecule has 6 heteroatoms. The van der Waals surface area contributed by atoms with Crippen LogP contribution in [0.3, 0.4) is 0 Å². The SMILES string of the molecule is CC(=O)OCC(=O)[C@@]1(O)C(C)C[C@H]2[C@@H]3CC=C4C=C(O[Si](C)(C)C(C)(C)C)C=C[C@]4(C)C3=CC[C@@]21C. The summed E-state index contributed by atoms with van der Waals surface area (Å²) in [5.41, 5.74) is 0.356. The van der Waals surface area contributed by atoms with Crippen molar-refractivity contribution in [1.29, 1.82) is 0 Å².